The second kappa shape index (κ2) is 8.16. The van der Waals surface area contributed by atoms with Gasteiger partial charge in [-0.2, -0.15) is 4.72 Å². The zero-order valence-corrected chi connectivity index (χ0v) is 16.0. The van der Waals surface area contributed by atoms with Crippen molar-refractivity contribution in [1.29, 1.82) is 0 Å². The summed E-state index contributed by atoms with van der Waals surface area (Å²) in [6, 6.07) is 5.50. The zero-order chi connectivity index (χ0) is 18.6. The van der Waals surface area contributed by atoms with Gasteiger partial charge in [0, 0.05) is 25.7 Å². The molecular weight excluding hydrogens is 342 g/mol. The summed E-state index contributed by atoms with van der Waals surface area (Å²) in [6.45, 7) is 7.55. The molecule has 2 unspecified atom stereocenters. The van der Waals surface area contributed by atoms with Crippen molar-refractivity contribution < 1.29 is 17.9 Å². The minimum Gasteiger partial charge on any atom is -0.497 e. The molecule has 1 aromatic carbocycles. The third-order valence-corrected chi connectivity index (χ3v) is 5.72. The molecule has 1 aliphatic rings. The Morgan fingerprint density at radius 2 is 1.96 bits per heavy atom. The number of ether oxygens (including phenoxy) is 1. The van der Waals surface area contributed by atoms with Crippen molar-refractivity contribution in [3.05, 3.63) is 24.3 Å². The Kier molecular flexibility index (Phi) is 6.42. The van der Waals surface area contributed by atoms with Crippen LogP contribution >= 0.6 is 0 Å². The Morgan fingerprint density at radius 3 is 2.48 bits per heavy atom. The van der Waals surface area contributed by atoms with E-state index >= 15 is 0 Å². The van der Waals surface area contributed by atoms with Crippen molar-refractivity contribution in [2.75, 3.05) is 26.7 Å². The maximum atomic E-state index is 12.8. The van der Waals surface area contributed by atoms with Gasteiger partial charge < -0.3 is 15.0 Å². The summed E-state index contributed by atoms with van der Waals surface area (Å²) in [7, 11) is -2.28. The average Bonchev–Trinajstić information content (AvgIpc) is 2.59. The van der Waals surface area contributed by atoms with E-state index in [1.54, 1.807) is 17.0 Å². The quantitative estimate of drug-likeness (QED) is 0.775. The van der Waals surface area contributed by atoms with E-state index in [4.69, 9.17) is 4.74 Å². The van der Waals surface area contributed by atoms with Crippen molar-refractivity contribution in [1.82, 2.24) is 14.9 Å². The normalized spacial score (nSPS) is 19.7. The minimum absolute atomic E-state index is 0.112. The molecule has 7 nitrogen and oxygen atoms in total. The van der Waals surface area contributed by atoms with Crippen molar-refractivity contribution >= 4 is 15.9 Å². The lowest BCUT2D eigenvalue weighted by Gasteiger charge is -2.35. The summed E-state index contributed by atoms with van der Waals surface area (Å²) in [5, 5.41) is 3.28. The Balaban J connectivity index is 2.17. The first-order chi connectivity index (χ1) is 11.7. The first-order valence-corrected chi connectivity index (χ1v) is 9.91. The second-order valence-corrected chi connectivity index (χ2v) is 8.37. The second-order valence-electron chi connectivity index (χ2n) is 6.66. The van der Waals surface area contributed by atoms with Gasteiger partial charge in [0.2, 0.25) is 15.9 Å². The summed E-state index contributed by atoms with van der Waals surface area (Å²) >= 11 is 0. The number of methoxy groups -OCH3 is 1. The van der Waals surface area contributed by atoms with Crippen LogP contribution < -0.4 is 14.8 Å². The fourth-order valence-corrected chi connectivity index (χ4v) is 4.13. The fourth-order valence-electron chi connectivity index (χ4n) is 2.79. The van der Waals surface area contributed by atoms with E-state index in [9.17, 15) is 13.2 Å². The van der Waals surface area contributed by atoms with Crippen molar-refractivity contribution in [2.24, 2.45) is 5.92 Å². The smallest absolute Gasteiger partial charge is 0.241 e. The van der Waals surface area contributed by atoms with Crippen LogP contribution in [0.5, 0.6) is 5.75 Å². The first-order valence-electron chi connectivity index (χ1n) is 8.43. The van der Waals surface area contributed by atoms with Crippen LogP contribution in [0, 0.1) is 5.92 Å². The van der Waals surface area contributed by atoms with Gasteiger partial charge in [0.15, 0.2) is 0 Å². The maximum absolute atomic E-state index is 12.8. The highest BCUT2D eigenvalue weighted by Crippen LogP contribution is 2.18. The number of nitrogens with zero attached hydrogens (tertiary/aromatic N) is 1. The topological polar surface area (TPSA) is 87.7 Å². The van der Waals surface area contributed by atoms with E-state index in [-0.39, 0.29) is 22.8 Å². The third kappa shape index (κ3) is 4.93. The van der Waals surface area contributed by atoms with Crippen LogP contribution in [0.25, 0.3) is 0 Å². The molecule has 0 spiro atoms. The molecular formula is C17H27N3O4S. The highest BCUT2D eigenvalue weighted by Gasteiger charge is 2.33. The monoisotopic (exact) mass is 369 g/mol. The summed E-state index contributed by atoms with van der Waals surface area (Å²) in [5.74, 6) is 0.233. The SMILES string of the molecule is COc1ccc(S(=O)(=O)NC(C(=O)N2CCNC(C)C2)C(C)C)cc1. The average molecular weight is 369 g/mol. The van der Waals surface area contributed by atoms with Gasteiger partial charge in [-0.15, -0.1) is 0 Å². The molecule has 0 saturated carbocycles. The molecule has 2 atom stereocenters. The minimum atomic E-state index is -3.80. The predicted molar refractivity (Wildman–Crippen MR) is 96.0 cm³/mol. The Labute approximate surface area is 149 Å². The lowest BCUT2D eigenvalue weighted by atomic mass is 10.0. The molecule has 0 aliphatic carbocycles. The van der Waals surface area contributed by atoms with Crippen LogP contribution in [-0.2, 0) is 14.8 Å². The van der Waals surface area contributed by atoms with Crippen molar-refractivity contribution in [3.63, 3.8) is 0 Å². The Hall–Kier alpha value is -1.64. The molecule has 1 aliphatic heterocycles. The van der Waals surface area contributed by atoms with E-state index in [0.717, 1.165) is 0 Å². The molecule has 2 N–H and O–H groups in total. The molecule has 0 aromatic heterocycles. The number of piperazine rings is 1. The third-order valence-electron chi connectivity index (χ3n) is 4.27. The number of rotatable bonds is 6. The zero-order valence-electron chi connectivity index (χ0n) is 15.2. The number of hydrogen-bond acceptors (Lipinski definition) is 5. The largest absolute Gasteiger partial charge is 0.497 e. The highest BCUT2D eigenvalue weighted by molar-refractivity contribution is 7.89. The molecule has 2 rings (SSSR count). The molecule has 1 saturated heterocycles. The van der Waals surface area contributed by atoms with Gasteiger partial charge in [0.1, 0.15) is 11.8 Å². The molecule has 140 valence electrons. The van der Waals surface area contributed by atoms with E-state index in [0.29, 0.717) is 25.4 Å². The molecule has 1 amide bonds. The van der Waals surface area contributed by atoms with E-state index in [2.05, 4.69) is 10.0 Å². The van der Waals surface area contributed by atoms with Gasteiger partial charge in [0.05, 0.1) is 12.0 Å². The van der Waals surface area contributed by atoms with Crippen LogP contribution in [0.3, 0.4) is 0 Å². The Morgan fingerprint density at radius 1 is 1.32 bits per heavy atom. The summed E-state index contributed by atoms with van der Waals surface area (Å²) < 4.78 is 33.0. The van der Waals surface area contributed by atoms with Crippen LogP contribution in [-0.4, -0.2) is 58.1 Å². The number of benzene rings is 1. The van der Waals surface area contributed by atoms with Gasteiger partial charge >= 0.3 is 0 Å². The molecule has 8 heteroatoms. The first kappa shape index (κ1) is 19.7. The maximum Gasteiger partial charge on any atom is 0.241 e. The molecule has 1 heterocycles. The number of carbonyl (C=O) groups is 1. The molecule has 0 radical (unpaired) electrons. The predicted octanol–water partition coefficient (Wildman–Crippen LogP) is 0.818. The van der Waals surface area contributed by atoms with Crippen LogP contribution in [0.1, 0.15) is 20.8 Å². The van der Waals surface area contributed by atoms with Gasteiger partial charge in [0.25, 0.3) is 0 Å². The highest BCUT2D eigenvalue weighted by atomic mass is 32.2. The number of nitrogens with one attached hydrogen (secondary N) is 2. The number of hydrogen-bond donors (Lipinski definition) is 2. The van der Waals surface area contributed by atoms with E-state index in [1.807, 2.05) is 20.8 Å². The van der Waals surface area contributed by atoms with Gasteiger partial charge in [-0.25, -0.2) is 8.42 Å². The standard InChI is InChI=1S/C17H27N3O4S/c1-12(2)16(17(21)20-10-9-18-13(3)11-20)19-25(22,23)15-7-5-14(24-4)6-8-15/h5-8,12-13,16,18-19H,9-11H2,1-4H3. The van der Waals surface area contributed by atoms with E-state index in [1.165, 1.54) is 19.2 Å². The molecule has 1 aromatic rings. The van der Waals surface area contributed by atoms with Gasteiger partial charge in [-0.05, 0) is 37.1 Å². The van der Waals surface area contributed by atoms with Crippen molar-refractivity contribution in [2.45, 2.75) is 37.8 Å². The Bertz CT molecular complexity index is 688. The number of sulfonamides is 1. The molecule has 0 bridgehead atoms. The molecule has 1 fully saturated rings. The number of carbonyl (C=O) groups excluding carboxylic acids is 1. The van der Waals surface area contributed by atoms with Crippen LogP contribution in [0.15, 0.2) is 29.2 Å². The van der Waals surface area contributed by atoms with Crippen LogP contribution in [0.2, 0.25) is 0 Å². The van der Waals surface area contributed by atoms with Crippen LogP contribution in [0.4, 0.5) is 0 Å². The summed E-state index contributed by atoms with van der Waals surface area (Å²) in [4.78, 5) is 14.7. The van der Waals surface area contributed by atoms with Gasteiger partial charge in [-0.3, -0.25) is 4.79 Å². The summed E-state index contributed by atoms with van der Waals surface area (Å²) in [6.07, 6.45) is 0. The molecule has 25 heavy (non-hydrogen) atoms. The lowest BCUT2D eigenvalue weighted by molar-refractivity contribution is -0.135. The fraction of sp³-hybridized carbons (Fsp3) is 0.588. The lowest BCUT2D eigenvalue weighted by Crippen LogP contribution is -2.57. The number of amides is 1. The van der Waals surface area contributed by atoms with Gasteiger partial charge in [-0.1, -0.05) is 13.8 Å². The van der Waals surface area contributed by atoms with E-state index < -0.39 is 16.1 Å². The summed E-state index contributed by atoms with van der Waals surface area (Å²) in [5.41, 5.74) is 0. The van der Waals surface area contributed by atoms with Crippen molar-refractivity contribution in [3.8, 4) is 5.75 Å².